The van der Waals surface area contributed by atoms with E-state index in [1.165, 1.54) is 0 Å². The monoisotopic (exact) mass is 303 g/mol. The van der Waals surface area contributed by atoms with Gasteiger partial charge in [0, 0.05) is 25.2 Å². The molecule has 2 amide bonds. The predicted octanol–water partition coefficient (Wildman–Crippen LogP) is 1.20. The molecule has 0 spiro atoms. The van der Waals surface area contributed by atoms with Gasteiger partial charge >= 0.3 is 0 Å². The standard InChI is InChI=1S/C17H25N3O2/c1-12-5-6-13(2)14(11-12)16(21)18-8-10-20-9-7-15(17(20)22)19(3)4/h5-6,11,15H,7-10H2,1-4H3,(H,18,21). The summed E-state index contributed by atoms with van der Waals surface area (Å²) in [4.78, 5) is 28.2. The number of rotatable bonds is 5. The van der Waals surface area contributed by atoms with Gasteiger partial charge in [0.2, 0.25) is 5.91 Å². The van der Waals surface area contributed by atoms with Gasteiger partial charge in [0.1, 0.15) is 0 Å². The number of hydrogen-bond acceptors (Lipinski definition) is 3. The summed E-state index contributed by atoms with van der Waals surface area (Å²) in [5.74, 6) is 0.0861. The highest BCUT2D eigenvalue weighted by atomic mass is 16.2. The van der Waals surface area contributed by atoms with Crippen LogP contribution in [0.2, 0.25) is 0 Å². The number of hydrogen-bond donors (Lipinski definition) is 1. The molecule has 1 aromatic rings. The number of likely N-dealkylation sites (N-methyl/N-ethyl adjacent to an activating group) is 1. The van der Waals surface area contributed by atoms with E-state index in [4.69, 9.17) is 0 Å². The number of nitrogens with one attached hydrogen (secondary N) is 1. The van der Waals surface area contributed by atoms with Gasteiger partial charge in [0.25, 0.3) is 5.91 Å². The molecule has 22 heavy (non-hydrogen) atoms. The number of aryl methyl sites for hydroxylation is 2. The van der Waals surface area contributed by atoms with Gasteiger partial charge in [0.05, 0.1) is 6.04 Å². The molecule has 1 unspecified atom stereocenters. The van der Waals surface area contributed by atoms with Crippen molar-refractivity contribution in [3.63, 3.8) is 0 Å². The van der Waals surface area contributed by atoms with E-state index in [9.17, 15) is 9.59 Å². The van der Waals surface area contributed by atoms with E-state index in [0.717, 1.165) is 24.1 Å². The maximum absolute atomic E-state index is 12.2. The van der Waals surface area contributed by atoms with Crippen LogP contribution in [0, 0.1) is 13.8 Å². The van der Waals surface area contributed by atoms with Gasteiger partial charge in [-0.1, -0.05) is 17.7 Å². The molecule has 2 rings (SSSR count). The van der Waals surface area contributed by atoms with Gasteiger partial charge in [-0.05, 0) is 46.0 Å². The van der Waals surface area contributed by atoms with Crippen LogP contribution in [0.3, 0.4) is 0 Å². The summed E-state index contributed by atoms with van der Waals surface area (Å²) in [5.41, 5.74) is 2.74. The average molecular weight is 303 g/mol. The zero-order chi connectivity index (χ0) is 16.3. The van der Waals surface area contributed by atoms with E-state index in [2.05, 4.69) is 5.32 Å². The third kappa shape index (κ3) is 3.65. The summed E-state index contributed by atoms with van der Waals surface area (Å²) in [5, 5.41) is 2.91. The highest BCUT2D eigenvalue weighted by Gasteiger charge is 2.32. The SMILES string of the molecule is Cc1ccc(C)c(C(=O)NCCN2CCC(N(C)C)C2=O)c1. The lowest BCUT2D eigenvalue weighted by Gasteiger charge is -2.20. The van der Waals surface area contributed by atoms with Crippen molar-refractivity contribution in [3.8, 4) is 0 Å². The average Bonchev–Trinajstić information content (AvgIpc) is 2.83. The Morgan fingerprint density at radius 3 is 2.73 bits per heavy atom. The van der Waals surface area contributed by atoms with Crippen molar-refractivity contribution >= 4 is 11.8 Å². The Morgan fingerprint density at radius 2 is 2.09 bits per heavy atom. The van der Waals surface area contributed by atoms with E-state index in [-0.39, 0.29) is 17.9 Å². The summed E-state index contributed by atoms with van der Waals surface area (Å²) in [6.45, 7) is 5.72. The third-order valence-corrected chi connectivity index (χ3v) is 4.20. The number of carbonyl (C=O) groups excluding carboxylic acids is 2. The van der Waals surface area contributed by atoms with Crippen molar-refractivity contribution in [2.24, 2.45) is 0 Å². The first-order valence-corrected chi connectivity index (χ1v) is 7.71. The molecule has 120 valence electrons. The van der Waals surface area contributed by atoms with Crippen molar-refractivity contribution in [2.75, 3.05) is 33.7 Å². The van der Waals surface area contributed by atoms with Crippen LogP contribution in [0.5, 0.6) is 0 Å². The van der Waals surface area contributed by atoms with Crippen LogP contribution in [0.1, 0.15) is 27.9 Å². The Morgan fingerprint density at radius 1 is 1.36 bits per heavy atom. The van der Waals surface area contributed by atoms with E-state index < -0.39 is 0 Å². The highest BCUT2D eigenvalue weighted by Crippen LogP contribution is 2.14. The third-order valence-electron chi connectivity index (χ3n) is 4.20. The second-order valence-electron chi connectivity index (χ2n) is 6.17. The van der Waals surface area contributed by atoms with Crippen LogP contribution in [-0.2, 0) is 4.79 Å². The minimum Gasteiger partial charge on any atom is -0.350 e. The lowest BCUT2D eigenvalue weighted by Crippen LogP contribution is -2.40. The largest absolute Gasteiger partial charge is 0.350 e. The quantitative estimate of drug-likeness (QED) is 0.889. The van der Waals surface area contributed by atoms with Crippen LogP contribution >= 0.6 is 0 Å². The Kier molecular flexibility index (Phi) is 5.19. The molecular formula is C17H25N3O2. The number of benzene rings is 1. The molecule has 0 bridgehead atoms. The first kappa shape index (κ1) is 16.5. The van der Waals surface area contributed by atoms with Gasteiger partial charge < -0.3 is 10.2 Å². The molecular weight excluding hydrogens is 278 g/mol. The van der Waals surface area contributed by atoms with Crippen molar-refractivity contribution < 1.29 is 9.59 Å². The van der Waals surface area contributed by atoms with Crippen molar-refractivity contribution in [1.82, 2.24) is 15.1 Å². The van der Waals surface area contributed by atoms with Gasteiger partial charge in [-0.2, -0.15) is 0 Å². The molecule has 1 heterocycles. The zero-order valence-corrected chi connectivity index (χ0v) is 13.8. The number of nitrogens with zero attached hydrogens (tertiary/aromatic N) is 2. The van der Waals surface area contributed by atoms with E-state index in [1.807, 2.05) is 55.9 Å². The second-order valence-corrected chi connectivity index (χ2v) is 6.17. The molecule has 1 fully saturated rings. The summed E-state index contributed by atoms with van der Waals surface area (Å²) in [7, 11) is 3.85. The molecule has 0 aromatic heterocycles. The van der Waals surface area contributed by atoms with Crippen molar-refractivity contribution in [3.05, 3.63) is 34.9 Å². The fourth-order valence-electron chi connectivity index (χ4n) is 2.80. The summed E-state index contributed by atoms with van der Waals surface area (Å²) < 4.78 is 0. The smallest absolute Gasteiger partial charge is 0.251 e. The molecule has 1 atom stereocenters. The van der Waals surface area contributed by atoms with Crippen molar-refractivity contribution in [2.45, 2.75) is 26.3 Å². The summed E-state index contributed by atoms with van der Waals surface area (Å²) in [6, 6.07) is 5.83. The van der Waals surface area contributed by atoms with Crippen LogP contribution in [-0.4, -0.2) is 61.4 Å². The van der Waals surface area contributed by atoms with E-state index >= 15 is 0 Å². The predicted molar refractivity (Wildman–Crippen MR) is 86.9 cm³/mol. The van der Waals surface area contributed by atoms with Crippen LogP contribution in [0.15, 0.2) is 18.2 Å². The fourth-order valence-corrected chi connectivity index (χ4v) is 2.80. The van der Waals surface area contributed by atoms with E-state index in [0.29, 0.717) is 18.7 Å². The fraction of sp³-hybridized carbons (Fsp3) is 0.529. The molecule has 0 radical (unpaired) electrons. The lowest BCUT2D eigenvalue weighted by molar-refractivity contribution is -0.131. The highest BCUT2D eigenvalue weighted by molar-refractivity contribution is 5.95. The van der Waals surface area contributed by atoms with Crippen LogP contribution in [0.4, 0.5) is 0 Å². The number of amides is 2. The van der Waals surface area contributed by atoms with Gasteiger partial charge in [-0.3, -0.25) is 14.5 Å². The van der Waals surface area contributed by atoms with Crippen LogP contribution in [0.25, 0.3) is 0 Å². The summed E-state index contributed by atoms with van der Waals surface area (Å²) >= 11 is 0. The molecule has 1 N–H and O–H groups in total. The van der Waals surface area contributed by atoms with Crippen LogP contribution < -0.4 is 5.32 Å². The molecule has 1 aromatic carbocycles. The lowest BCUT2D eigenvalue weighted by atomic mass is 10.1. The Balaban J connectivity index is 1.85. The Hall–Kier alpha value is -1.88. The van der Waals surface area contributed by atoms with E-state index in [1.54, 1.807) is 0 Å². The molecule has 1 aliphatic heterocycles. The number of carbonyl (C=O) groups is 2. The first-order chi connectivity index (χ1) is 10.4. The number of likely N-dealkylation sites (tertiary alicyclic amines) is 1. The molecule has 1 aliphatic rings. The van der Waals surface area contributed by atoms with Gasteiger partial charge in [-0.15, -0.1) is 0 Å². The second kappa shape index (κ2) is 6.92. The van der Waals surface area contributed by atoms with Gasteiger partial charge in [0.15, 0.2) is 0 Å². The Bertz CT molecular complexity index is 569. The molecule has 1 saturated heterocycles. The first-order valence-electron chi connectivity index (χ1n) is 7.71. The minimum atomic E-state index is -0.0722. The molecule has 5 heteroatoms. The maximum atomic E-state index is 12.2. The van der Waals surface area contributed by atoms with Gasteiger partial charge in [-0.25, -0.2) is 0 Å². The molecule has 0 aliphatic carbocycles. The molecule has 0 saturated carbocycles. The minimum absolute atomic E-state index is 0.0188. The summed E-state index contributed by atoms with van der Waals surface area (Å²) in [6.07, 6.45) is 0.858. The maximum Gasteiger partial charge on any atom is 0.251 e. The zero-order valence-electron chi connectivity index (χ0n) is 13.8. The Labute approximate surface area is 132 Å². The van der Waals surface area contributed by atoms with Crippen molar-refractivity contribution in [1.29, 1.82) is 0 Å². The molecule has 5 nitrogen and oxygen atoms in total. The topological polar surface area (TPSA) is 52.7 Å². The normalized spacial score (nSPS) is 18.1.